The second-order valence-corrected chi connectivity index (χ2v) is 6.66. The molecule has 0 fully saturated rings. The predicted molar refractivity (Wildman–Crippen MR) is 95.0 cm³/mol. The van der Waals surface area contributed by atoms with Crippen LogP contribution in [0.4, 0.5) is 14.9 Å². The van der Waals surface area contributed by atoms with Gasteiger partial charge in [-0.3, -0.25) is 15.0 Å². The lowest BCUT2D eigenvalue weighted by Crippen LogP contribution is -2.38. The topological polar surface area (TPSA) is 94.5 Å². The molecule has 0 spiro atoms. The van der Waals surface area contributed by atoms with Gasteiger partial charge in [0.25, 0.3) is 0 Å². The molecule has 1 aliphatic heterocycles. The fourth-order valence-electron chi connectivity index (χ4n) is 2.83. The van der Waals surface area contributed by atoms with Crippen LogP contribution in [-0.2, 0) is 16.8 Å². The summed E-state index contributed by atoms with van der Waals surface area (Å²) in [6.07, 6.45) is 1.02. The summed E-state index contributed by atoms with van der Waals surface area (Å²) in [6.45, 7) is 4.03. The number of carbonyl (C=O) groups excluding carboxylic acids is 1. The summed E-state index contributed by atoms with van der Waals surface area (Å²) < 4.78 is 21.8. The molecule has 0 saturated carbocycles. The summed E-state index contributed by atoms with van der Waals surface area (Å²) in [7, 11) is 0. The number of anilines is 1. The van der Waals surface area contributed by atoms with Gasteiger partial charge in [0.1, 0.15) is 22.9 Å². The highest BCUT2D eigenvalue weighted by Crippen LogP contribution is 2.35. The summed E-state index contributed by atoms with van der Waals surface area (Å²) >= 11 is 3.37. The fraction of sp³-hybridized carbons (Fsp3) is 0.312. The number of ether oxygens (including phenoxy) is 1. The van der Waals surface area contributed by atoms with E-state index in [9.17, 15) is 9.18 Å². The molecule has 0 aliphatic carbocycles. The van der Waals surface area contributed by atoms with Crippen molar-refractivity contribution in [1.82, 2.24) is 9.78 Å². The summed E-state index contributed by atoms with van der Waals surface area (Å²) in [5.74, 6) is -0.176. The zero-order valence-corrected chi connectivity index (χ0v) is 15.3. The lowest BCUT2D eigenvalue weighted by molar-refractivity contribution is 0.168. The molecule has 2 heterocycles. The number of amides is 1. The van der Waals surface area contributed by atoms with E-state index in [4.69, 9.17) is 10.5 Å². The van der Waals surface area contributed by atoms with Crippen molar-refractivity contribution in [3.63, 3.8) is 0 Å². The average Bonchev–Trinajstić information content (AvgIpc) is 2.90. The van der Waals surface area contributed by atoms with Crippen LogP contribution in [0, 0.1) is 5.82 Å². The SMILES string of the molecule is CCOC(=O)Nc1ccc(F)c(C2(C)Cn3ncc(Br)c3C(N)=N2)c1. The molecular formula is C16H17BrFN5O2. The molecule has 1 aromatic carbocycles. The number of nitrogens with zero attached hydrogens (tertiary/aromatic N) is 3. The smallest absolute Gasteiger partial charge is 0.411 e. The first kappa shape index (κ1) is 17.4. The number of halogens is 2. The number of benzene rings is 1. The molecule has 0 radical (unpaired) electrons. The first-order chi connectivity index (χ1) is 11.8. The number of hydrogen-bond donors (Lipinski definition) is 2. The Hall–Kier alpha value is -2.42. The zero-order valence-electron chi connectivity index (χ0n) is 13.7. The van der Waals surface area contributed by atoms with Crippen molar-refractivity contribution >= 4 is 33.5 Å². The monoisotopic (exact) mass is 409 g/mol. The number of nitrogens with two attached hydrogens (primary N) is 1. The molecule has 25 heavy (non-hydrogen) atoms. The largest absolute Gasteiger partial charge is 0.450 e. The van der Waals surface area contributed by atoms with E-state index in [1.54, 1.807) is 24.7 Å². The van der Waals surface area contributed by atoms with Crippen molar-refractivity contribution in [2.45, 2.75) is 25.9 Å². The van der Waals surface area contributed by atoms with Crippen molar-refractivity contribution in [2.75, 3.05) is 11.9 Å². The van der Waals surface area contributed by atoms with E-state index in [1.807, 2.05) is 0 Å². The highest BCUT2D eigenvalue weighted by molar-refractivity contribution is 9.10. The van der Waals surface area contributed by atoms with Gasteiger partial charge in [0.2, 0.25) is 0 Å². The Kier molecular flexibility index (Phi) is 4.51. The van der Waals surface area contributed by atoms with Crippen LogP contribution in [-0.4, -0.2) is 28.3 Å². The number of carbonyl (C=O) groups is 1. The Bertz CT molecular complexity index is 866. The number of aliphatic imine (C=N–C) groups is 1. The summed E-state index contributed by atoms with van der Waals surface area (Å²) in [6, 6.07) is 4.28. The first-order valence-electron chi connectivity index (χ1n) is 7.65. The van der Waals surface area contributed by atoms with Crippen LogP contribution in [0.2, 0.25) is 0 Å². The van der Waals surface area contributed by atoms with Crippen LogP contribution in [0.25, 0.3) is 0 Å². The fourth-order valence-corrected chi connectivity index (χ4v) is 3.33. The maximum absolute atomic E-state index is 14.5. The molecule has 3 rings (SSSR count). The minimum absolute atomic E-state index is 0.245. The van der Waals surface area contributed by atoms with Gasteiger partial charge in [0, 0.05) is 11.3 Å². The van der Waals surface area contributed by atoms with Gasteiger partial charge >= 0.3 is 6.09 Å². The Morgan fingerprint density at radius 3 is 3.04 bits per heavy atom. The Morgan fingerprint density at radius 2 is 2.32 bits per heavy atom. The van der Waals surface area contributed by atoms with Crippen molar-refractivity contribution in [2.24, 2.45) is 10.7 Å². The second kappa shape index (κ2) is 6.47. The average molecular weight is 410 g/mol. The van der Waals surface area contributed by atoms with Crippen molar-refractivity contribution < 1.29 is 13.9 Å². The van der Waals surface area contributed by atoms with Crippen LogP contribution < -0.4 is 11.1 Å². The molecule has 2 aromatic rings. The predicted octanol–water partition coefficient (Wildman–Crippen LogP) is 2.99. The van der Waals surface area contributed by atoms with Gasteiger partial charge in [-0.1, -0.05) is 0 Å². The van der Waals surface area contributed by atoms with Crippen LogP contribution in [0.5, 0.6) is 0 Å². The Morgan fingerprint density at radius 1 is 1.56 bits per heavy atom. The van der Waals surface area contributed by atoms with E-state index >= 15 is 0 Å². The van der Waals surface area contributed by atoms with Gasteiger partial charge in [-0.2, -0.15) is 5.10 Å². The summed E-state index contributed by atoms with van der Waals surface area (Å²) in [5.41, 5.74) is 6.49. The van der Waals surface area contributed by atoms with Crippen LogP contribution in [0.15, 0.2) is 33.9 Å². The van der Waals surface area contributed by atoms with Crippen LogP contribution in [0.3, 0.4) is 0 Å². The van der Waals surface area contributed by atoms with Crippen molar-refractivity contribution in [3.05, 3.63) is 45.9 Å². The van der Waals surface area contributed by atoms with Gasteiger partial charge in [0.05, 0.1) is 23.8 Å². The number of amidine groups is 1. The molecule has 1 aliphatic rings. The molecule has 7 nitrogen and oxygen atoms in total. The highest BCUT2D eigenvalue weighted by atomic mass is 79.9. The Labute approximate surface area is 152 Å². The van der Waals surface area contributed by atoms with Gasteiger partial charge in [-0.15, -0.1) is 0 Å². The van der Waals surface area contributed by atoms with Crippen molar-refractivity contribution in [1.29, 1.82) is 0 Å². The Balaban J connectivity index is 1.98. The second-order valence-electron chi connectivity index (χ2n) is 5.81. The third-order valence-electron chi connectivity index (χ3n) is 3.93. The standard InChI is InChI=1S/C16H17BrFN5O2/c1-3-25-15(24)21-9-4-5-12(18)10(6-9)16(2)8-23-13(14(19)22-16)11(17)7-20-23/h4-7H,3,8H2,1-2H3,(H2,19,22)(H,21,24). The molecule has 0 bridgehead atoms. The molecule has 1 aromatic heterocycles. The lowest BCUT2D eigenvalue weighted by Gasteiger charge is -2.31. The minimum Gasteiger partial charge on any atom is -0.450 e. The van der Waals surface area contributed by atoms with E-state index in [-0.39, 0.29) is 12.4 Å². The zero-order chi connectivity index (χ0) is 18.2. The third-order valence-corrected chi connectivity index (χ3v) is 4.51. The van der Waals surface area contributed by atoms with E-state index in [1.165, 1.54) is 18.2 Å². The third kappa shape index (κ3) is 3.23. The lowest BCUT2D eigenvalue weighted by atomic mass is 9.90. The van der Waals surface area contributed by atoms with E-state index in [2.05, 4.69) is 31.3 Å². The number of aromatic nitrogens is 2. The highest BCUT2D eigenvalue weighted by Gasteiger charge is 2.36. The molecular weight excluding hydrogens is 393 g/mol. The molecule has 9 heteroatoms. The molecule has 132 valence electrons. The quantitative estimate of drug-likeness (QED) is 0.814. The molecule has 0 saturated heterocycles. The molecule has 1 unspecified atom stereocenters. The normalized spacial score (nSPS) is 19.1. The van der Waals surface area contributed by atoms with Crippen molar-refractivity contribution in [3.8, 4) is 0 Å². The van der Waals surface area contributed by atoms with Gasteiger partial charge in [-0.25, -0.2) is 9.18 Å². The molecule has 3 N–H and O–H groups in total. The summed E-state index contributed by atoms with van der Waals surface area (Å²) in [4.78, 5) is 16.1. The number of nitrogens with one attached hydrogen (secondary N) is 1. The van der Waals surface area contributed by atoms with Gasteiger partial charge in [-0.05, 0) is 48.0 Å². The first-order valence-corrected chi connectivity index (χ1v) is 8.44. The van der Waals surface area contributed by atoms with Crippen LogP contribution >= 0.6 is 15.9 Å². The number of fused-ring (bicyclic) bond motifs is 1. The van der Waals surface area contributed by atoms with Gasteiger partial charge in [0.15, 0.2) is 0 Å². The summed E-state index contributed by atoms with van der Waals surface area (Å²) in [5, 5.41) is 6.81. The van der Waals surface area contributed by atoms with Gasteiger partial charge < -0.3 is 10.5 Å². The van der Waals surface area contributed by atoms with E-state index in [0.717, 1.165) is 4.47 Å². The maximum Gasteiger partial charge on any atom is 0.411 e. The van der Waals surface area contributed by atoms with E-state index < -0.39 is 17.4 Å². The van der Waals surface area contributed by atoms with E-state index in [0.29, 0.717) is 23.5 Å². The molecule has 1 atom stereocenters. The number of rotatable bonds is 3. The minimum atomic E-state index is -0.959. The number of hydrogen-bond acceptors (Lipinski definition) is 5. The molecule has 1 amide bonds. The van der Waals surface area contributed by atoms with Crippen LogP contribution in [0.1, 0.15) is 25.1 Å². The maximum atomic E-state index is 14.5.